The molecule has 0 bridgehead atoms. The van der Waals surface area contributed by atoms with Crippen molar-refractivity contribution in [1.29, 1.82) is 5.26 Å². The Balaban J connectivity index is 2.25. The van der Waals surface area contributed by atoms with Crippen LogP contribution in [0.25, 0.3) is 11.5 Å². The highest BCUT2D eigenvalue weighted by Gasteiger charge is 2.08. The van der Waals surface area contributed by atoms with Crippen molar-refractivity contribution in [3.8, 4) is 23.6 Å². The van der Waals surface area contributed by atoms with Gasteiger partial charge in [0, 0.05) is 5.56 Å². The summed E-state index contributed by atoms with van der Waals surface area (Å²) in [5, 5.41) is 16.2. The van der Waals surface area contributed by atoms with E-state index in [1.807, 2.05) is 13.0 Å². The van der Waals surface area contributed by atoms with Gasteiger partial charge in [-0.3, -0.25) is 0 Å². The zero-order chi connectivity index (χ0) is 11.4. The molecule has 5 heteroatoms. The van der Waals surface area contributed by atoms with Crippen LogP contribution in [0.3, 0.4) is 0 Å². The maximum absolute atomic E-state index is 8.65. The van der Waals surface area contributed by atoms with Crippen molar-refractivity contribution in [2.24, 2.45) is 0 Å². The predicted molar refractivity (Wildman–Crippen MR) is 55.6 cm³/mol. The van der Waals surface area contributed by atoms with Gasteiger partial charge in [-0.2, -0.15) is 5.26 Å². The molecule has 0 aliphatic carbocycles. The number of benzene rings is 1. The fourth-order valence-electron chi connectivity index (χ4n) is 1.20. The van der Waals surface area contributed by atoms with Crippen LogP contribution >= 0.6 is 0 Å². The van der Waals surface area contributed by atoms with Crippen molar-refractivity contribution in [3.05, 3.63) is 29.8 Å². The Hall–Kier alpha value is -2.35. The van der Waals surface area contributed by atoms with Crippen LogP contribution in [-0.4, -0.2) is 16.8 Å². The van der Waals surface area contributed by atoms with Gasteiger partial charge in [0.15, 0.2) is 0 Å². The van der Waals surface area contributed by atoms with Crippen LogP contribution < -0.4 is 4.74 Å². The molecular formula is C11H9N3O2. The SMILES string of the molecule is CCOc1nnc(-c2ccc(C#N)cc2)o1. The molecule has 0 N–H and O–H groups in total. The molecule has 0 atom stereocenters. The van der Waals surface area contributed by atoms with E-state index in [1.54, 1.807) is 24.3 Å². The van der Waals surface area contributed by atoms with Crippen molar-refractivity contribution < 1.29 is 9.15 Å². The number of aromatic nitrogens is 2. The molecule has 0 fully saturated rings. The molecular weight excluding hydrogens is 206 g/mol. The number of nitriles is 1. The first-order chi connectivity index (χ1) is 7.83. The molecule has 5 nitrogen and oxygen atoms in total. The summed E-state index contributed by atoms with van der Waals surface area (Å²) in [5.41, 5.74) is 1.35. The van der Waals surface area contributed by atoms with Crippen LogP contribution in [0.5, 0.6) is 6.08 Å². The van der Waals surface area contributed by atoms with Crippen LogP contribution in [0, 0.1) is 11.3 Å². The summed E-state index contributed by atoms with van der Waals surface area (Å²) in [7, 11) is 0. The Morgan fingerprint density at radius 3 is 2.69 bits per heavy atom. The molecule has 16 heavy (non-hydrogen) atoms. The molecule has 0 radical (unpaired) electrons. The lowest BCUT2D eigenvalue weighted by molar-refractivity contribution is 0.247. The number of hydrogen-bond donors (Lipinski definition) is 0. The summed E-state index contributed by atoms with van der Waals surface area (Å²) >= 11 is 0. The largest absolute Gasteiger partial charge is 0.449 e. The highest BCUT2D eigenvalue weighted by Crippen LogP contribution is 2.20. The van der Waals surface area contributed by atoms with E-state index in [-0.39, 0.29) is 6.08 Å². The van der Waals surface area contributed by atoms with Crippen molar-refractivity contribution in [2.45, 2.75) is 6.92 Å². The first-order valence-electron chi connectivity index (χ1n) is 4.80. The van der Waals surface area contributed by atoms with Gasteiger partial charge in [0.2, 0.25) is 0 Å². The molecule has 1 aromatic heterocycles. The van der Waals surface area contributed by atoms with Gasteiger partial charge < -0.3 is 9.15 Å². The summed E-state index contributed by atoms with van der Waals surface area (Å²) in [4.78, 5) is 0. The minimum atomic E-state index is 0.154. The Morgan fingerprint density at radius 1 is 1.31 bits per heavy atom. The third kappa shape index (κ3) is 2.01. The predicted octanol–water partition coefficient (Wildman–Crippen LogP) is 2.01. The average molecular weight is 215 g/mol. The normalized spacial score (nSPS) is 9.75. The summed E-state index contributed by atoms with van der Waals surface area (Å²) < 4.78 is 10.3. The fourth-order valence-corrected chi connectivity index (χ4v) is 1.20. The van der Waals surface area contributed by atoms with Crippen LogP contribution in [0.1, 0.15) is 12.5 Å². The standard InChI is InChI=1S/C11H9N3O2/c1-2-15-11-14-13-10(16-11)9-5-3-8(7-12)4-6-9/h3-6H,2H2,1H3. The molecule has 0 saturated heterocycles. The summed E-state index contributed by atoms with van der Waals surface area (Å²) in [5.74, 6) is 0.382. The molecule has 1 heterocycles. The van der Waals surface area contributed by atoms with Gasteiger partial charge in [-0.15, -0.1) is 5.10 Å². The number of nitrogens with zero attached hydrogens (tertiary/aromatic N) is 3. The molecule has 0 amide bonds. The quantitative estimate of drug-likeness (QED) is 0.783. The molecule has 0 saturated carbocycles. The highest BCUT2D eigenvalue weighted by molar-refractivity contribution is 5.54. The molecule has 2 aromatic rings. The van der Waals surface area contributed by atoms with Gasteiger partial charge in [-0.1, -0.05) is 5.10 Å². The van der Waals surface area contributed by atoms with Crippen LogP contribution in [0.4, 0.5) is 0 Å². The van der Waals surface area contributed by atoms with Crippen LogP contribution in [0.15, 0.2) is 28.7 Å². The summed E-state index contributed by atoms with van der Waals surface area (Å²) in [6, 6.07) is 8.93. The topological polar surface area (TPSA) is 71.9 Å². The van der Waals surface area contributed by atoms with E-state index in [2.05, 4.69) is 10.2 Å². The summed E-state index contributed by atoms with van der Waals surface area (Å²) in [6.07, 6.45) is 0.154. The van der Waals surface area contributed by atoms with Gasteiger partial charge >= 0.3 is 6.08 Å². The highest BCUT2D eigenvalue weighted by atomic mass is 16.6. The Morgan fingerprint density at radius 2 is 2.06 bits per heavy atom. The molecule has 0 spiro atoms. The van der Waals surface area contributed by atoms with Crippen molar-refractivity contribution in [2.75, 3.05) is 6.61 Å². The van der Waals surface area contributed by atoms with Gasteiger partial charge in [-0.25, -0.2) is 0 Å². The molecule has 2 rings (SSSR count). The van der Waals surface area contributed by atoms with E-state index in [0.29, 0.717) is 18.1 Å². The maximum atomic E-state index is 8.65. The molecule has 0 aliphatic heterocycles. The van der Waals surface area contributed by atoms with Crippen molar-refractivity contribution in [1.82, 2.24) is 10.2 Å². The fraction of sp³-hybridized carbons (Fsp3) is 0.182. The first kappa shape index (κ1) is 10.2. The first-order valence-corrected chi connectivity index (χ1v) is 4.80. The summed E-state index contributed by atoms with van der Waals surface area (Å²) in [6.45, 7) is 2.32. The average Bonchev–Trinajstić information content (AvgIpc) is 2.78. The third-order valence-corrected chi connectivity index (χ3v) is 1.94. The maximum Gasteiger partial charge on any atom is 0.414 e. The molecule has 0 aliphatic rings. The molecule has 80 valence electrons. The van der Waals surface area contributed by atoms with Gasteiger partial charge in [0.1, 0.15) is 0 Å². The second kappa shape index (κ2) is 4.45. The lowest BCUT2D eigenvalue weighted by Gasteiger charge is -1.94. The lowest BCUT2D eigenvalue weighted by Crippen LogP contribution is -1.90. The van der Waals surface area contributed by atoms with Crippen molar-refractivity contribution in [3.63, 3.8) is 0 Å². The number of ether oxygens (including phenoxy) is 1. The molecule has 1 aromatic carbocycles. The second-order valence-electron chi connectivity index (χ2n) is 3.00. The lowest BCUT2D eigenvalue weighted by atomic mass is 10.1. The van der Waals surface area contributed by atoms with Gasteiger partial charge in [0.05, 0.1) is 18.2 Å². The van der Waals surface area contributed by atoms with Crippen LogP contribution in [-0.2, 0) is 0 Å². The van der Waals surface area contributed by atoms with E-state index in [9.17, 15) is 0 Å². The Labute approximate surface area is 92.3 Å². The van der Waals surface area contributed by atoms with E-state index < -0.39 is 0 Å². The third-order valence-electron chi connectivity index (χ3n) is 1.94. The number of hydrogen-bond acceptors (Lipinski definition) is 5. The van der Waals surface area contributed by atoms with Crippen molar-refractivity contribution >= 4 is 0 Å². The van der Waals surface area contributed by atoms with E-state index >= 15 is 0 Å². The second-order valence-corrected chi connectivity index (χ2v) is 3.00. The van der Waals surface area contributed by atoms with Crippen LogP contribution in [0.2, 0.25) is 0 Å². The minimum absolute atomic E-state index is 0.154. The Kier molecular flexibility index (Phi) is 2.83. The number of rotatable bonds is 3. The minimum Gasteiger partial charge on any atom is -0.449 e. The monoisotopic (exact) mass is 215 g/mol. The van der Waals surface area contributed by atoms with E-state index in [1.165, 1.54) is 0 Å². The zero-order valence-electron chi connectivity index (χ0n) is 8.67. The smallest absolute Gasteiger partial charge is 0.414 e. The van der Waals surface area contributed by atoms with E-state index in [4.69, 9.17) is 14.4 Å². The van der Waals surface area contributed by atoms with Gasteiger partial charge in [0.25, 0.3) is 5.89 Å². The molecule has 0 unspecified atom stereocenters. The Bertz CT molecular complexity index is 511. The zero-order valence-corrected chi connectivity index (χ0v) is 8.67. The van der Waals surface area contributed by atoms with Gasteiger partial charge in [-0.05, 0) is 31.2 Å². The van der Waals surface area contributed by atoms with E-state index in [0.717, 1.165) is 5.56 Å².